The molecule has 1 fully saturated rings. The number of rotatable bonds is 4. The number of hydrogen-bond acceptors (Lipinski definition) is 4. The fourth-order valence-electron chi connectivity index (χ4n) is 4.76. The fourth-order valence-corrected chi connectivity index (χ4v) is 4.76. The summed E-state index contributed by atoms with van der Waals surface area (Å²) >= 11 is 0. The molecule has 1 amide bonds. The highest BCUT2D eigenvalue weighted by Crippen LogP contribution is 2.37. The molecule has 5 rings (SSSR count). The lowest BCUT2D eigenvalue weighted by atomic mass is 10.1. The molecular weight excluding hydrogens is 409 g/mol. The Morgan fingerprint density at radius 1 is 0.969 bits per heavy atom. The first kappa shape index (κ1) is 20.6. The van der Waals surface area contributed by atoms with Crippen LogP contribution in [0.3, 0.4) is 0 Å². The third-order valence-corrected chi connectivity index (χ3v) is 6.37. The number of nitrogens with zero attached hydrogens (tertiary/aromatic N) is 3. The van der Waals surface area contributed by atoms with E-state index < -0.39 is 5.82 Å². The monoisotopic (exact) mass is 435 g/mol. The number of aromatic hydroxyl groups is 1. The quantitative estimate of drug-likeness (QED) is 0.660. The maximum atomic E-state index is 13.7. The summed E-state index contributed by atoms with van der Waals surface area (Å²) in [6.07, 6.45) is 4.03. The highest BCUT2D eigenvalue weighted by atomic mass is 19.1. The summed E-state index contributed by atoms with van der Waals surface area (Å²) in [5.74, 6) is 0.0338. The maximum absolute atomic E-state index is 13.7. The van der Waals surface area contributed by atoms with Gasteiger partial charge in [-0.05, 0) is 60.9 Å². The zero-order chi connectivity index (χ0) is 22.2. The Hall–Kier alpha value is -3.32. The summed E-state index contributed by atoms with van der Waals surface area (Å²) in [4.78, 5) is 13.5. The molecule has 6 nitrogen and oxygen atoms in total. The first-order valence-corrected chi connectivity index (χ1v) is 11.0. The topological polar surface area (TPSA) is 57.9 Å². The number of benzene rings is 2. The third kappa shape index (κ3) is 3.52. The minimum absolute atomic E-state index is 0.0248. The van der Waals surface area contributed by atoms with Crippen molar-refractivity contribution in [2.45, 2.75) is 25.7 Å². The molecule has 0 saturated carbocycles. The van der Waals surface area contributed by atoms with Gasteiger partial charge in [-0.3, -0.25) is 9.80 Å². The molecule has 0 radical (unpaired) electrons. The van der Waals surface area contributed by atoms with E-state index >= 15 is 0 Å². The van der Waals surface area contributed by atoms with Crippen molar-refractivity contribution in [2.75, 3.05) is 26.7 Å². The molecule has 32 heavy (non-hydrogen) atoms. The molecule has 2 aromatic carbocycles. The van der Waals surface area contributed by atoms with E-state index in [4.69, 9.17) is 4.74 Å². The van der Waals surface area contributed by atoms with E-state index in [1.54, 1.807) is 13.2 Å². The van der Waals surface area contributed by atoms with Crippen LogP contribution in [0.1, 0.15) is 35.3 Å². The Balaban J connectivity index is 1.64. The summed E-state index contributed by atoms with van der Waals surface area (Å²) in [5.41, 5.74) is 3.56. The summed E-state index contributed by atoms with van der Waals surface area (Å²) in [7, 11) is 1.61. The molecule has 1 N–H and O–H groups in total. The van der Waals surface area contributed by atoms with Crippen LogP contribution in [-0.2, 0) is 6.42 Å². The molecule has 0 aliphatic carbocycles. The maximum Gasteiger partial charge on any atom is 0.270 e. The second-order valence-electron chi connectivity index (χ2n) is 8.28. The Bertz CT molecular complexity index is 1150. The molecule has 3 heterocycles. The predicted molar refractivity (Wildman–Crippen MR) is 120 cm³/mol. The van der Waals surface area contributed by atoms with Gasteiger partial charge < -0.3 is 14.4 Å². The molecule has 0 bridgehead atoms. The van der Waals surface area contributed by atoms with Gasteiger partial charge in [0.2, 0.25) is 0 Å². The number of phenols is 1. The van der Waals surface area contributed by atoms with Crippen LogP contribution in [0.4, 0.5) is 4.39 Å². The van der Waals surface area contributed by atoms with Crippen LogP contribution in [0.15, 0.2) is 48.5 Å². The van der Waals surface area contributed by atoms with Gasteiger partial charge in [0.1, 0.15) is 17.3 Å². The number of aromatic nitrogens is 1. The van der Waals surface area contributed by atoms with E-state index in [0.29, 0.717) is 24.2 Å². The second kappa shape index (κ2) is 8.31. The van der Waals surface area contributed by atoms with E-state index in [1.165, 1.54) is 12.5 Å². The number of hydrazine groups is 1. The van der Waals surface area contributed by atoms with Crippen molar-refractivity contribution in [3.63, 3.8) is 0 Å². The number of halogens is 1. The minimum atomic E-state index is -0.509. The van der Waals surface area contributed by atoms with Crippen LogP contribution in [-0.4, -0.2) is 52.3 Å². The second-order valence-corrected chi connectivity index (χ2v) is 8.28. The summed E-state index contributed by atoms with van der Waals surface area (Å²) in [6.45, 7) is 2.37. The lowest BCUT2D eigenvalue weighted by Crippen LogP contribution is -2.51. The Kier molecular flexibility index (Phi) is 5.35. The molecule has 0 atom stereocenters. The van der Waals surface area contributed by atoms with Crippen molar-refractivity contribution in [1.82, 2.24) is 14.6 Å². The summed E-state index contributed by atoms with van der Waals surface area (Å²) in [6, 6.07) is 13.4. The largest absolute Gasteiger partial charge is 0.506 e. The van der Waals surface area contributed by atoms with Crippen molar-refractivity contribution < 1.29 is 19.0 Å². The molecule has 7 heteroatoms. The Morgan fingerprint density at radius 3 is 2.41 bits per heavy atom. The molecule has 0 unspecified atom stereocenters. The lowest BCUT2D eigenvalue weighted by molar-refractivity contribution is -0.0237. The van der Waals surface area contributed by atoms with Gasteiger partial charge in [-0.1, -0.05) is 6.42 Å². The highest BCUT2D eigenvalue weighted by molar-refractivity contribution is 5.98. The highest BCUT2D eigenvalue weighted by Gasteiger charge is 2.34. The number of piperidine rings is 1. The van der Waals surface area contributed by atoms with E-state index in [0.717, 1.165) is 54.7 Å². The SMILES string of the molecule is COc1ccc(-c2cc3c(n2-c2ccc(F)cc2O)CCN(N2CCCCC2)C3=O)cc1. The van der Waals surface area contributed by atoms with Crippen LogP contribution in [0, 0.1) is 5.82 Å². The Morgan fingerprint density at radius 2 is 1.72 bits per heavy atom. The van der Waals surface area contributed by atoms with Gasteiger partial charge in [-0.2, -0.15) is 0 Å². The average molecular weight is 435 g/mol. The number of ether oxygens (including phenoxy) is 1. The van der Waals surface area contributed by atoms with Crippen molar-refractivity contribution in [3.05, 3.63) is 65.6 Å². The van der Waals surface area contributed by atoms with Gasteiger partial charge in [0.15, 0.2) is 0 Å². The van der Waals surface area contributed by atoms with Crippen LogP contribution < -0.4 is 4.74 Å². The van der Waals surface area contributed by atoms with Crippen LogP contribution in [0.2, 0.25) is 0 Å². The van der Waals surface area contributed by atoms with Crippen LogP contribution >= 0.6 is 0 Å². The number of methoxy groups -OCH3 is 1. The molecule has 2 aliphatic heterocycles. The van der Waals surface area contributed by atoms with E-state index in [2.05, 4.69) is 5.01 Å². The van der Waals surface area contributed by atoms with Gasteiger partial charge in [0.25, 0.3) is 5.91 Å². The number of phenolic OH excluding ortho intramolecular Hbond substituents is 1. The zero-order valence-electron chi connectivity index (χ0n) is 18.1. The van der Waals surface area contributed by atoms with Crippen molar-refractivity contribution >= 4 is 5.91 Å². The zero-order valence-corrected chi connectivity index (χ0v) is 18.1. The minimum Gasteiger partial charge on any atom is -0.506 e. The van der Waals surface area contributed by atoms with E-state index in [9.17, 15) is 14.3 Å². The van der Waals surface area contributed by atoms with Crippen LogP contribution in [0.5, 0.6) is 11.5 Å². The predicted octanol–water partition coefficient (Wildman–Crippen LogP) is 4.40. The molecule has 0 spiro atoms. The van der Waals surface area contributed by atoms with Crippen molar-refractivity contribution in [1.29, 1.82) is 0 Å². The molecule has 166 valence electrons. The Labute approximate surface area is 186 Å². The van der Waals surface area contributed by atoms with E-state index in [-0.39, 0.29) is 11.7 Å². The van der Waals surface area contributed by atoms with Gasteiger partial charge in [-0.25, -0.2) is 9.40 Å². The van der Waals surface area contributed by atoms with Crippen molar-refractivity contribution in [2.24, 2.45) is 0 Å². The fraction of sp³-hybridized carbons (Fsp3) is 0.320. The number of amides is 1. The van der Waals surface area contributed by atoms with Crippen LogP contribution in [0.25, 0.3) is 16.9 Å². The number of fused-ring (bicyclic) bond motifs is 1. The first-order valence-electron chi connectivity index (χ1n) is 11.0. The number of carbonyl (C=O) groups excluding carboxylic acids is 1. The lowest BCUT2D eigenvalue weighted by Gasteiger charge is -2.39. The summed E-state index contributed by atoms with van der Waals surface area (Å²) < 4.78 is 20.9. The van der Waals surface area contributed by atoms with Gasteiger partial charge in [0, 0.05) is 37.8 Å². The number of hydrogen-bond donors (Lipinski definition) is 1. The molecule has 2 aliphatic rings. The molecule has 1 saturated heterocycles. The average Bonchev–Trinajstić information content (AvgIpc) is 3.20. The summed E-state index contributed by atoms with van der Waals surface area (Å²) in [5, 5.41) is 14.6. The van der Waals surface area contributed by atoms with E-state index in [1.807, 2.05) is 39.9 Å². The molecule has 3 aromatic rings. The normalized spacial score (nSPS) is 16.8. The van der Waals surface area contributed by atoms with Gasteiger partial charge in [-0.15, -0.1) is 0 Å². The third-order valence-electron chi connectivity index (χ3n) is 6.37. The molecular formula is C25H26FN3O3. The first-order chi connectivity index (χ1) is 15.6. The standard InChI is InChI=1S/C25H26FN3O3/c1-32-19-8-5-17(6-9-19)23-16-20-21(29(23)22-10-7-18(26)15-24(22)30)11-14-28(25(20)31)27-12-3-2-4-13-27/h5-10,15-16,30H,2-4,11-14H2,1H3. The van der Waals surface area contributed by atoms with Gasteiger partial charge in [0.05, 0.1) is 24.1 Å². The molecule has 1 aromatic heterocycles. The number of carbonyl (C=O) groups is 1. The van der Waals surface area contributed by atoms with Gasteiger partial charge >= 0.3 is 0 Å². The smallest absolute Gasteiger partial charge is 0.270 e. The van der Waals surface area contributed by atoms with Crippen molar-refractivity contribution in [3.8, 4) is 28.4 Å².